The van der Waals surface area contributed by atoms with Crippen molar-refractivity contribution in [3.8, 4) is 11.5 Å². The molecule has 6 nitrogen and oxygen atoms in total. The zero-order chi connectivity index (χ0) is 15.0. The Bertz CT molecular complexity index is 512. The third kappa shape index (κ3) is 6.23. The number of methoxy groups -OCH3 is 2. The second-order valence-corrected chi connectivity index (χ2v) is 5.72. The van der Waals surface area contributed by atoms with Crippen LogP contribution < -0.4 is 9.47 Å². The fourth-order valence-electron chi connectivity index (χ4n) is 1.57. The average Bonchev–Trinajstić information content (AvgIpc) is 2.41. The molecule has 1 rings (SSSR count). The van der Waals surface area contributed by atoms with E-state index in [9.17, 15) is 8.42 Å². The van der Waals surface area contributed by atoms with Gasteiger partial charge in [0.15, 0.2) is 11.5 Å². The highest BCUT2D eigenvalue weighted by atomic mass is 32.2. The van der Waals surface area contributed by atoms with Crippen molar-refractivity contribution in [2.24, 2.45) is 0 Å². The molecule has 0 saturated carbocycles. The van der Waals surface area contributed by atoms with E-state index >= 15 is 0 Å². The fourth-order valence-corrected chi connectivity index (χ4v) is 1.94. The molecule has 1 aromatic rings. The molecule has 0 atom stereocenters. The number of hydrogen-bond acceptors (Lipinski definition) is 6. The molecule has 0 unspecified atom stereocenters. The Morgan fingerprint density at radius 3 is 2.30 bits per heavy atom. The number of hydrogen-bond donors (Lipinski definition) is 0. The molecular weight excluding hydrogens is 284 g/mol. The van der Waals surface area contributed by atoms with Crippen LogP contribution in [0.5, 0.6) is 11.5 Å². The lowest BCUT2D eigenvalue weighted by Crippen LogP contribution is -2.10. The number of ether oxygens (including phenoxy) is 3. The minimum Gasteiger partial charge on any atom is -0.493 e. The maximum Gasteiger partial charge on any atom is 0.264 e. The maximum atomic E-state index is 10.7. The fraction of sp³-hybridized carbons (Fsp3) is 0.538. The molecule has 0 aliphatic heterocycles. The Morgan fingerprint density at radius 1 is 1.00 bits per heavy atom. The van der Waals surface area contributed by atoms with Crippen LogP contribution in [-0.4, -0.2) is 48.7 Å². The van der Waals surface area contributed by atoms with Gasteiger partial charge in [-0.1, -0.05) is 6.07 Å². The second-order valence-electron chi connectivity index (χ2n) is 4.08. The Kier molecular flexibility index (Phi) is 6.77. The summed E-state index contributed by atoms with van der Waals surface area (Å²) in [4.78, 5) is 0. The van der Waals surface area contributed by atoms with Crippen molar-refractivity contribution in [3.05, 3.63) is 23.8 Å². The van der Waals surface area contributed by atoms with E-state index in [0.717, 1.165) is 11.8 Å². The third-order valence-corrected chi connectivity index (χ3v) is 3.10. The molecule has 1 aromatic carbocycles. The summed E-state index contributed by atoms with van der Waals surface area (Å²) in [6.45, 7) is 0.744. The molecule has 0 heterocycles. The van der Waals surface area contributed by atoms with Gasteiger partial charge >= 0.3 is 0 Å². The summed E-state index contributed by atoms with van der Waals surface area (Å²) in [5, 5.41) is 0. The van der Waals surface area contributed by atoms with Gasteiger partial charge in [-0.3, -0.25) is 4.18 Å². The number of benzene rings is 1. The summed E-state index contributed by atoms with van der Waals surface area (Å²) in [7, 11) is -0.221. The largest absolute Gasteiger partial charge is 0.493 e. The topological polar surface area (TPSA) is 71.1 Å². The molecule has 0 saturated heterocycles. The minimum atomic E-state index is -3.39. The molecule has 0 aromatic heterocycles. The molecule has 20 heavy (non-hydrogen) atoms. The van der Waals surface area contributed by atoms with Gasteiger partial charge in [-0.25, -0.2) is 0 Å². The van der Waals surface area contributed by atoms with E-state index < -0.39 is 10.1 Å². The van der Waals surface area contributed by atoms with Gasteiger partial charge in [0.25, 0.3) is 10.1 Å². The van der Waals surface area contributed by atoms with Crippen LogP contribution in [0.4, 0.5) is 0 Å². The van der Waals surface area contributed by atoms with Crippen LogP contribution in [0.25, 0.3) is 0 Å². The molecular formula is C13H20O6S. The van der Waals surface area contributed by atoms with E-state index in [1.54, 1.807) is 14.2 Å². The molecule has 0 amide bonds. The predicted molar refractivity (Wildman–Crippen MR) is 74.9 cm³/mol. The Morgan fingerprint density at radius 2 is 1.70 bits per heavy atom. The zero-order valence-electron chi connectivity index (χ0n) is 11.9. The van der Waals surface area contributed by atoms with E-state index in [4.69, 9.17) is 14.2 Å². The monoisotopic (exact) mass is 304 g/mol. The van der Waals surface area contributed by atoms with Crippen LogP contribution >= 0.6 is 0 Å². The van der Waals surface area contributed by atoms with Gasteiger partial charge in [0.05, 0.1) is 40.3 Å². The summed E-state index contributed by atoms with van der Waals surface area (Å²) in [6.07, 6.45) is 1.70. The van der Waals surface area contributed by atoms with Crippen molar-refractivity contribution in [2.75, 3.05) is 40.3 Å². The lowest BCUT2D eigenvalue weighted by atomic mass is 10.1. The average molecular weight is 304 g/mol. The Labute approximate surface area is 119 Å². The van der Waals surface area contributed by atoms with Crippen LogP contribution in [0, 0.1) is 0 Å². The van der Waals surface area contributed by atoms with Crippen molar-refractivity contribution in [1.29, 1.82) is 0 Å². The van der Waals surface area contributed by atoms with Crippen molar-refractivity contribution in [1.82, 2.24) is 0 Å². The van der Waals surface area contributed by atoms with Crippen molar-refractivity contribution in [3.63, 3.8) is 0 Å². The van der Waals surface area contributed by atoms with Gasteiger partial charge in [0.2, 0.25) is 0 Å². The van der Waals surface area contributed by atoms with Crippen LogP contribution in [0.15, 0.2) is 18.2 Å². The van der Waals surface area contributed by atoms with Crippen LogP contribution in [0.3, 0.4) is 0 Å². The lowest BCUT2D eigenvalue weighted by Gasteiger charge is -2.09. The van der Waals surface area contributed by atoms with Gasteiger partial charge in [-0.15, -0.1) is 0 Å². The number of rotatable bonds is 9. The molecule has 0 radical (unpaired) electrons. The first-order valence-electron chi connectivity index (χ1n) is 6.09. The highest BCUT2D eigenvalue weighted by Crippen LogP contribution is 2.27. The van der Waals surface area contributed by atoms with Crippen LogP contribution in [0.2, 0.25) is 0 Å². The van der Waals surface area contributed by atoms with Crippen molar-refractivity contribution >= 4 is 10.1 Å². The highest BCUT2D eigenvalue weighted by molar-refractivity contribution is 7.85. The summed E-state index contributed by atoms with van der Waals surface area (Å²) >= 11 is 0. The summed E-state index contributed by atoms with van der Waals surface area (Å²) in [5.74, 6) is 1.35. The first kappa shape index (κ1) is 16.7. The Hall–Kier alpha value is -1.31. The van der Waals surface area contributed by atoms with Gasteiger partial charge < -0.3 is 14.2 Å². The van der Waals surface area contributed by atoms with Gasteiger partial charge in [-0.2, -0.15) is 8.42 Å². The highest BCUT2D eigenvalue weighted by Gasteiger charge is 2.05. The Balaban J connectivity index is 2.32. The first-order valence-corrected chi connectivity index (χ1v) is 7.91. The SMILES string of the molecule is COc1ccc(CCOCCOS(C)(=O)=O)cc1OC. The molecule has 114 valence electrons. The zero-order valence-corrected chi connectivity index (χ0v) is 12.7. The molecule has 0 N–H and O–H groups in total. The smallest absolute Gasteiger partial charge is 0.264 e. The van der Waals surface area contributed by atoms with Crippen molar-refractivity contribution < 1.29 is 26.8 Å². The van der Waals surface area contributed by atoms with E-state index in [-0.39, 0.29) is 13.2 Å². The second kappa shape index (κ2) is 8.08. The minimum absolute atomic E-state index is 0.0325. The van der Waals surface area contributed by atoms with Gasteiger partial charge in [0, 0.05) is 0 Å². The van der Waals surface area contributed by atoms with E-state index in [1.807, 2.05) is 18.2 Å². The van der Waals surface area contributed by atoms with Crippen molar-refractivity contribution in [2.45, 2.75) is 6.42 Å². The first-order chi connectivity index (χ1) is 9.46. The molecule has 7 heteroatoms. The van der Waals surface area contributed by atoms with Gasteiger partial charge in [-0.05, 0) is 24.1 Å². The normalized spacial score (nSPS) is 11.3. The molecule has 0 fully saturated rings. The molecule has 0 bridgehead atoms. The standard InChI is InChI=1S/C13H20O6S/c1-16-12-5-4-11(10-13(12)17-2)6-7-18-8-9-19-20(3,14)15/h4-5,10H,6-9H2,1-3H3. The molecule has 0 aliphatic rings. The van der Waals surface area contributed by atoms with E-state index in [0.29, 0.717) is 24.5 Å². The quantitative estimate of drug-likeness (QED) is 0.505. The van der Waals surface area contributed by atoms with Gasteiger partial charge in [0.1, 0.15) is 0 Å². The van der Waals surface area contributed by atoms with E-state index in [2.05, 4.69) is 4.18 Å². The van der Waals surface area contributed by atoms with Crippen LogP contribution in [-0.2, 0) is 25.5 Å². The van der Waals surface area contributed by atoms with E-state index in [1.165, 1.54) is 0 Å². The molecule has 0 spiro atoms. The predicted octanol–water partition coefficient (Wildman–Crippen LogP) is 1.24. The summed E-state index contributed by atoms with van der Waals surface area (Å²) in [6, 6.07) is 5.65. The third-order valence-electron chi connectivity index (χ3n) is 2.51. The summed E-state index contributed by atoms with van der Waals surface area (Å²) < 4.78 is 41.6. The molecule has 0 aliphatic carbocycles. The van der Waals surface area contributed by atoms with Crippen LogP contribution in [0.1, 0.15) is 5.56 Å². The lowest BCUT2D eigenvalue weighted by molar-refractivity contribution is 0.105. The maximum absolute atomic E-state index is 10.7. The summed E-state index contributed by atoms with van der Waals surface area (Å²) in [5.41, 5.74) is 1.05.